The molecule has 2 aliphatic rings. The topological polar surface area (TPSA) is 36.9 Å². The quantitative estimate of drug-likeness (QED) is 0.144. The molecule has 240 valence electrons. The van der Waals surface area contributed by atoms with E-state index in [1.54, 1.807) is 0 Å². The van der Waals surface area contributed by atoms with Crippen molar-refractivity contribution in [2.24, 2.45) is 0 Å². The zero-order chi connectivity index (χ0) is 33.6. The minimum Gasteiger partial charge on any atom is -0.399 e. The van der Waals surface area contributed by atoms with Crippen LogP contribution in [-0.2, 0) is 18.6 Å². The molecule has 0 amide bonds. The van der Waals surface area contributed by atoms with Gasteiger partial charge in [-0.3, -0.25) is 0 Å². The van der Waals surface area contributed by atoms with Gasteiger partial charge in [-0.05, 0) is 133 Å². The Labute approximate surface area is 284 Å². The smallest absolute Gasteiger partial charge is 0.399 e. The third-order valence-corrected chi connectivity index (χ3v) is 11.3. The minimum absolute atomic E-state index is 0.416. The molecule has 2 saturated heterocycles. The first-order valence-corrected chi connectivity index (χ1v) is 17.0. The summed E-state index contributed by atoms with van der Waals surface area (Å²) in [7, 11) is -0.882. The van der Waals surface area contributed by atoms with Crippen molar-refractivity contribution in [1.82, 2.24) is 0 Å². The zero-order valence-corrected chi connectivity index (χ0v) is 29.2. The first-order valence-electron chi connectivity index (χ1n) is 17.0. The summed E-state index contributed by atoms with van der Waals surface area (Å²) in [4.78, 5) is 0. The van der Waals surface area contributed by atoms with Crippen LogP contribution in [0.15, 0.2) is 109 Å². The van der Waals surface area contributed by atoms with Crippen molar-refractivity contribution in [3.63, 3.8) is 0 Å². The Hall–Kier alpha value is -3.93. The number of rotatable bonds is 4. The van der Waals surface area contributed by atoms with Crippen molar-refractivity contribution in [2.45, 2.75) is 77.8 Å². The Kier molecular flexibility index (Phi) is 7.04. The summed E-state index contributed by atoms with van der Waals surface area (Å²) in [6.45, 7) is 16.8. The van der Waals surface area contributed by atoms with Crippen LogP contribution >= 0.6 is 0 Å². The highest BCUT2D eigenvalue weighted by atomic mass is 16.7. The number of hydrogen-bond donors (Lipinski definition) is 0. The monoisotopic (exact) mass is 632 g/mol. The van der Waals surface area contributed by atoms with Crippen molar-refractivity contribution >= 4 is 57.5 Å². The number of hydrogen-bond acceptors (Lipinski definition) is 4. The summed E-state index contributed by atoms with van der Waals surface area (Å²) >= 11 is 0. The van der Waals surface area contributed by atoms with Crippen molar-refractivity contribution in [1.29, 1.82) is 0 Å². The van der Waals surface area contributed by atoms with Crippen LogP contribution in [0.25, 0.3) is 54.6 Å². The molecule has 0 atom stereocenters. The van der Waals surface area contributed by atoms with Gasteiger partial charge in [0.05, 0.1) is 22.4 Å². The van der Waals surface area contributed by atoms with E-state index in [1.807, 2.05) is 0 Å². The molecule has 0 aromatic heterocycles. The van der Waals surface area contributed by atoms with E-state index in [1.165, 1.54) is 54.6 Å². The summed E-state index contributed by atoms with van der Waals surface area (Å²) in [5.74, 6) is 0. The molecule has 48 heavy (non-hydrogen) atoms. The SMILES string of the molecule is CC1(C)OB(c2ccc3c(c2)c(-c2ccccc2)cc2c4ccc(B5OC(C)(C)C(C)(C)O5)cc4c(-c4ccccc4)cc32)OC1(C)C. The first kappa shape index (κ1) is 31.3. The van der Waals surface area contributed by atoms with Gasteiger partial charge in [0.2, 0.25) is 0 Å². The van der Waals surface area contributed by atoms with Crippen molar-refractivity contribution in [2.75, 3.05) is 0 Å². The molecule has 0 aliphatic carbocycles. The predicted octanol–water partition coefficient (Wildman–Crippen LogP) is 9.08. The van der Waals surface area contributed by atoms with Crippen LogP contribution in [0.2, 0.25) is 0 Å². The lowest BCUT2D eigenvalue weighted by Crippen LogP contribution is -2.41. The molecule has 0 unspecified atom stereocenters. The van der Waals surface area contributed by atoms with E-state index in [-0.39, 0.29) is 0 Å². The maximum absolute atomic E-state index is 6.50. The highest BCUT2D eigenvalue weighted by Gasteiger charge is 2.52. The second-order valence-corrected chi connectivity index (χ2v) is 15.5. The zero-order valence-electron chi connectivity index (χ0n) is 29.2. The molecule has 2 aliphatic heterocycles. The fraction of sp³-hybridized carbons (Fsp3) is 0.286. The van der Waals surface area contributed by atoms with E-state index in [0.717, 1.165) is 10.9 Å². The van der Waals surface area contributed by atoms with E-state index in [9.17, 15) is 0 Å². The normalized spacial score (nSPS) is 19.5. The van der Waals surface area contributed by atoms with E-state index in [2.05, 4.69) is 165 Å². The average Bonchev–Trinajstić information content (AvgIpc) is 3.43. The van der Waals surface area contributed by atoms with Gasteiger partial charge >= 0.3 is 14.2 Å². The molecule has 0 spiro atoms. The van der Waals surface area contributed by atoms with Gasteiger partial charge in [0.25, 0.3) is 0 Å². The molecule has 4 nitrogen and oxygen atoms in total. The van der Waals surface area contributed by atoms with Crippen LogP contribution in [0.4, 0.5) is 0 Å². The van der Waals surface area contributed by atoms with Crippen molar-refractivity contribution in [3.8, 4) is 22.3 Å². The lowest BCUT2D eigenvalue weighted by molar-refractivity contribution is 0.00578. The van der Waals surface area contributed by atoms with Crippen molar-refractivity contribution < 1.29 is 18.6 Å². The van der Waals surface area contributed by atoms with Crippen LogP contribution in [0.3, 0.4) is 0 Å². The third-order valence-electron chi connectivity index (χ3n) is 11.3. The molecule has 0 N–H and O–H groups in total. The van der Waals surface area contributed by atoms with Crippen LogP contribution in [0.5, 0.6) is 0 Å². The summed E-state index contributed by atoms with van der Waals surface area (Å²) in [6, 6.07) is 39.5. The summed E-state index contributed by atoms with van der Waals surface area (Å²) in [5.41, 5.74) is 5.08. The first-order chi connectivity index (χ1) is 22.7. The highest BCUT2D eigenvalue weighted by molar-refractivity contribution is 6.63. The third kappa shape index (κ3) is 4.92. The predicted molar refractivity (Wildman–Crippen MR) is 201 cm³/mol. The van der Waals surface area contributed by atoms with E-state index in [4.69, 9.17) is 18.6 Å². The molecular weight excluding hydrogens is 590 g/mol. The summed E-state index contributed by atoms with van der Waals surface area (Å²) in [5, 5.41) is 7.16. The molecule has 6 heteroatoms. The van der Waals surface area contributed by atoms with Gasteiger partial charge in [-0.25, -0.2) is 0 Å². The van der Waals surface area contributed by atoms with Crippen LogP contribution < -0.4 is 10.9 Å². The molecular formula is C42H42B2O4. The average molecular weight is 632 g/mol. The van der Waals surface area contributed by atoms with Crippen LogP contribution in [0, 0.1) is 0 Å². The molecule has 2 fully saturated rings. The fourth-order valence-corrected chi connectivity index (χ4v) is 7.05. The lowest BCUT2D eigenvalue weighted by Gasteiger charge is -2.32. The van der Waals surface area contributed by atoms with Crippen LogP contribution in [0.1, 0.15) is 55.4 Å². The summed E-state index contributed by atoms with van der Waals surface area (Å²) < 4.78 is 26.0. The van der Waals surface area contributed by atoms with Gasteiger partial charge in [0.1, 0.15) is 0 Å². The maximum Gasteiger partial charge on any atom is 0.494 e. The molecule has 0 radical (unpaired) electrons. The standard InChI is InChI=1S/C42H42B2O4/c1-39(2)40(3,4)46-43(45-39)29-19-21-31-35(23-29)33(27-15-11-9-12-16-27)25-38-32-22-20-30(44-47-41(5,6)42(7,8)48-44)24-36(32)34(26-37(31)38)28-17-13-10-14-18-28/h9-26H,1-8H3. The van der Waals surface area contributed by atoms with Gasteiger partial charge in [-0.2, -0.15) is 0 Å². The highest BCUT2D eigenvalue weighted by Crippen LogP contribution is 2.43. The van der Waals surface area contributed by atoms with Crippen molar-refractivity contribution in [3.05, 3.63) is 109 Å². The van der Waals surface area contributed by atoms with Gasteiger partial charge < -0.3 is 18.6 Å². The van der Waals surface area contributed by atoms with E-state index >= 15 is 0 Å². The molecule has 0 saturated carbocycles. The van der Waals surface area contributed by atoms with E-state index < -0.39 is 36.6 Å². The maximum atomic E-state index is 6.50. The van der Waals surface area contributed by atoms with Crippen LogP contribution in [-0.4, -0.2) is 36.6 Å². The molecule has 6 aromatic carbocycles. The van der Waals surface area contributed by atoms with E-state index in [0.29, 0.717) is 0 Å². The molecule has 6 aromatic rings. The Morgan fingerprint density at radius 3 is 1.02 bits per heavy atom. The Morgan fingerprint density at radius 1 is 0.354 bits per heavy atom. The van der Waals surface area contributed by atoms with Gasteiger partial charge in [-0.15, -0.1) is 0 Å². The summed E-state index contributed by atoms with van der Waals surface area (Å²) in [6.07, 6.45) is 0. The Bertz CT molecular complexity index is 2020. The molecule has 2 heterocycles. The Morgan fingerprint density at radius 2 is 0.688 bits per heavy atom. The molecule has 0 bridgehead atoms. The lowest BCUT2D eigenvalue weighted by atomic mass is 9.76. The molecule has 8 rings (SSSR count). The Balaban J connectivity index is 1.39. The minimum atomic E-state index is -0.441. The van der Waals surface area contributed by atoms with Gasteiger partial charge in [0.15, 0.2) is 0 Å². The number of benzene rings is 6. The fourth-order valence-electron chi connectivity index (χ4n) is 7.05. The largest absolute Gasteiger partial charge is 0.494 e. The van der Waals surface area contributed by atoms with Gasteiger partial charge in [0, 0.05) is 0 Å². The second kappa shape index (κ2) is 10.8. The second-order valence-electron chi connectivity index (χ2n) is 15.5. The number of fused-ring (bicyclic) bond motifs is 5. The van der Waals surface area contributed by atoms with Gasteiger partial charge in [-0.1, -0.05) is 97.1 Å².